The maximum atomic E-state index is 11.4. The van der Waals surface area contributed by atoms with Gasteiger partial charge >= 0.3 is 7.82 Å². The highest BCUT2D eigenvalue weighted by Crippen LogP contribution is 2.43. The van der Waals surface area contributed by atoms with Gasteiger partial charge in [-0.15, -0.1) is 0 Å². The van der Waals surface area contributed by atoms with Gasteiger partial charge in [-0.3, -0.25) is 13.6 Å². The molecule has 0 spiro atoms. The average Bonchev–Trinajstić information content (AvgIpc) is 3.15. The van der Waals surface area contributed by atoms with E-state index in [0.717, 1.165) is 12.8 Å². The first-order valence-corrected chi connectivity index (χ1v) is 9.72. The molecule has 11 nitrogen and oxygen atoms in total. The summed E-state index contributed by atoms with van der Waals surface area (Å²) in [6.07, 6.45) is 1.45. The number of aromatic nitrogens is 2. The van der Waals surface area contributed by atoms with Gasteiger partial charge < -0.3 is 25.4 Å². The quantitative estimate of drug-likeness (QED) is 0.570. The zero-order chi connectivity index (χ0) is 18.9. The lowest BCUT2D eigenvalue weighted by atomic mass is 10.1. The van der Waals surface area contributed by atoms with Crippen molar-refractivity contribution in [2.45, 2.75) is 30.8 Å². The molecular formula is C14H24N5O6P. The van der Waals surface area contributed by atoms with Gasteiger partial charge in [0.15, 0.2) is 5.82 Å². The molecule has 0 amide bonds. The number of likely N-dealkylation sites (N-methyl/N-ethyl adjacent to an activating group) is 1. The fraction of sp³-hybridized carbons (Fsp3) is 0.714. The maximum Gasteiger partial charge on any atom is 0.472 e. The third kappa shape index (κ3) is 3.99. The molecule has 0 aromatic carbocycles. The second-order valence-corrected chi connectivity index (χ2v) is 7.92. The van der Waals surface area contributed by atoms with Gasteiger partial charge in [-0.25, -0.2) is 14.5 Å². The van der Waals surface area contributed by atoms with Crippen molar-refractivity contribution < 1.29 is 28.3 Å². The van der Waals surface area contributed by atoms with E-state index in [4.69, 9.17) is 15.0 Å². The minimum atomic E-state index is -4.13. The molecule has 0 aliphatic carbocycles. The van der Waals surface area contributed by atoms with Crippen LogP contribution in [0.5, 0.6) is 0 Å². The molecule has 1 aromatic rings. The fourth-order valence-electron chi connectivity index (χ4n) is 3.08. The Hall–Kier alpha value is -1.33. The summed E-state index contributed by atoms with van der Waals surface area (Å²) in [5.41, 5.74) is 6.65. The second-order valence-electron chi connectivity index (χ2n) is 6.36. The lowest BCUT2D eigenvalue weighted by Crippen LogP contribution is -2.26. The Morgan fingerprint density at radius 2 is 2.31 bits per heavy atom. The standard InChI is InChI=1S/C14H24N5O6P/c1-18-5-9(4-15)13-14(17-7-18)19(8-16-13)12-3-10(20)11(25-12)6-24-26(21,22)23-2/h7-12,20H,3-6,15H2,1-2H3,(H,21,22)/t9?,10-,11?,12-/m1/s1. The number of imidazole rings is 1. The Morgan fingerprint density at radius 3 is 3.00 bits per heavy atom. The molecule has 4 N–H and O–H groups in total. The smallest absolute Gasteiger partial charge is 0.390 e. The zero-order valence-corrected chi connectivity index (χ0v) is 15.5. The highest BCUT2D eigenvalue weighted by atomic mass is 31.2. The third-order valence-electron chi connectivity index (χ3n) is 4.50. The van der Waals surface area contributed by atoms with Crippen LogP contribution in [0.2, 0.25) is 0 Å². The van der Waals surface area contributed by atoms with Crippen LogP contribution in [0.15, 0.2) is 11.3 Å². The number of fused-ring (bicyclic) bond motifs is 1. The number of aliphatic hydroxyl groups excluding tert-OH is 1. The monoisotopic (exact) mass is 389 g/mol. The van der Waals surface area contributed by atoms with E-state index < -0.39 is 26.3 Å². The van der Waals surface area contributed by atoms with E-state index >= 15 is 0 Å². The number of phosphoric ester groups is 1. The van der Waals surface area contributed by atoms with Gasteiger partial charge in [0.2, 0.25) is 0 Å². The Bertz CT molecular complexity index is 712. The highest BCUT2D eigenvalue weighted by molar-refractivity contribution is 7.47. The van der Waals surface area contributed by atoms with Crippen LogP contribution in [0, 0.1) is 0 Å². The van der Waals surface area contributed by atoms with Crippen molar-refractivity contribution in [3.8, 4) is 0 Å². The zero-order valence-electron chi connectivity index (χ0n) is 14.6. The highest BCUT2D eigenvalue weighted by Gasteiger charge is 2.38. The Kier molecular flexibility index (Phi) is 5.78. The van der Waals surface area contributed by atoms with Crippen molar-refractivity contribution in [1.29, 1.82) is 0 Å². The summed E-state index contributed by atoms with van der Waals surface area (Å²) < 4.78 is 28.1. The average molecular weight is 389 g/mol. The van der Waals surface area contributed by atoms with Crippen LogP contribution in [-0.4, -0.2) is 76.9 Å². The van der Waals surface area contributed by atoms with Crippen LogP contribution >= 0.6 is 7.82 Å². The normalized spacial score (nSPS) is 30.9. The van der Waals surface area contributed by atoms with Crippen molar-refractivity contribution in [3.63, 3.8) is 0 Å². The van der Waals surface area contributed by atoms with E-state index in [1.165, 1.54) is 0 Å². The molecule has 3 heterocycles. The number of aliphatic hydroxyl groups is 1. The maximum absolute atomic E-state index is 11.4. The molecule has 1 aromatic heterocycles. The lowest BCUT2D eigenvalue weighted by Gasteiger charge is -2.18. The molecule has 0 saturated carbocycles. The van der Waals surface area contributed by atoms with E-state index in [2.05, 4.69) is 14.5 Å². The Balaban J connectivity index is 1.76. The molecule has 0 bridgehead atoms. The van der Waals surface area contributed by atoms with Crippen molar-refractivity contribution in [1.82, 2.24) is 14.5 Å². The van der Waals surface area contributed by atoms with Gasteiger partial charge in [0, 0.05) is 39.6 Å². The Labute approximate surface area is 151 Å². The predicted octanol–water partition coefficient (Wildman–Crippen LogP) is -0.0576. The lowest BCUT2D eigenvalue weighted by molar-refractivity contribution is -0.0437. The van der Waals surface area contributed by atoms with E-state index in [1.54, 1.807) is 17.2 Å². The molecule has 12 heteroatoms. The number of phosphoric acid groups is 1. The van der Waals surface area contributed by atoms with Crippen molar-refractivity contribution in [2.24, 2.45) is 10.7 Å². The van der Waals surface area contributed by atoms with Crippen molar-refractivity contribution >= 4 is 20.0 Å². The van der Waals surface area contributed by atoms with E-state index in [1.807, 2.05) is 11.9 Å². The van der Waals surface area contributed by atoms with Gasteiger partial charge in [-0.1, -0.05) is 0 Å². The topological polar surface area (TPSA) is 145 Å². The van der Waals surface area contributed by atoms with Gasteiger partial charge in [0.25, 0.3) is 0 Å². The minimum absolute atomic E-state index is 0.0335. The SMILES string of the molecule is COP(=O)(O)OCC1O[C@@H](n2cnc3c2N=CN(C)CC3CN)C[C@H]1O. The molecule has 1 saturated heterocycles. The van der Waals surface area contributed by atoms with Gasteiger partial charge in [0.1, 0.15) is 12.3 Å². The molecule has 3 rings (SSSR count). The molecule has 146 valence electrons. The summed E-state index contributed by atoms with van der Waals surface area (Å²) >= 11 is 0. The van der Waals surface area contributed by atoms with Crippen molar-refractivity contribution in [2.75, 3.05) is 33.9 Å². The van der Waals surface area contributed by atoms with Gasteiger partial charge in [-0.05, 0) is 0 Å². The largest absolute Gasteiger partial charge is 0.472 e. The molecular weight excluding hydrogens is 365 g/mol. The molecule has 3 unspecified atom stereocenters. The molecule has 2 aliphatic rings. The summed E-state index contributed by atoms with van der Waals surface area (Å²) in [7, 11) is -1.15. The summed E-state index contributed by atoms with van der Waals surface area (Å²) in [6, 6.07) is 0. The molecule has 26 heavy (non-hydrogen) atoms. The van der Waals surface area contributed by atoms with Crippen LogP contribution in [0.1, 0.15) is 24.3 Å². The molecule has 5 atom stereocenters. The van der Waals surface area contributed by atoms with Crippen LogP contribution in [0.3, 0.4) is 0 Å². The summed E-state index contributed by atoms with van der Waals surface area (Å²) in [5, 5.41) is 10.2. The second kappa shape index (κ2) is 7.73. The first-order valence-electron chi connectivity index (χ1n) is 8.22. The predicted molar refractivity (Wildman–Crippen MR) is 92.1 cm³/mol. The summed E-state index contributed by atoms with van der Waals surface area (Å²) in [4.78, 5) is 20.2. The summed E-state index contributed by atoms with van der Waals surface area (Å²) in [5.74, 6) is 0.666. The molecule has 0 radical (unpaired) electrons. The first kappa shape index (κ1) is 19.4. The van der Waals surface area contributed by atoms with Crippen molar-refractivity contribution in [3.05, 3.63) is 12.0 Å². The van der Waals surface area contributed by atoms with Crippen LogP contribution in [-0.2, 0) is 18.3 Å². The number of ether oxygens (including phenoxy) is 1. The third-order valence-corrected chi connectivity index (χ3v) is 5.44. The van der Waals surface area contributed by atoms with E-state index in [-0.39, 0.29) is 18.9 Å². The molecule has 1 fully saturated rings. The van der Waals surface area contributed by atoms with E-state index in [9.17, 15) is 14.6 Å². The first-order chi connectivity index (χ1) is 12.3. The molecule has 2 aliphatic heterocycles. The van der Waals surface area contributed by atoms with Crippen LogP contribution < -0.4 is 5.73 Å². The number of hydrogen-bond donors (Lipinski definition) is 3. The van der Waals surface area contributed by atoms with Crippen LogP contribution in [0.4, 0.5) is 5.82 Å². The van der Waals surface area contributed by atoms with E-state index in [0.29, 0.717) is 18.9 Å². The number of nitrogens with zero attached hydrogens (tertiary/aromatic N) is 4. The Morgan fingerprint density at radius 1 is 1.54 bits per heavy atom. The number of nitrogens with two attached hydrogens (primary N) is 1. The minimum Gasteiger partial charge on any atom is -0.390 e. The van der Waals surface area contributed by atoms with Gasteiger partial charge in [-0.2, -0.15) is 0 Å². The number of rotatable bonds is 6. The fourth-order valence-corrected chi connectivity index (χ4v) is 3.52. The summed E-state index contributed by atoms with van der Waals surface area (Å²) in [6.45, 7) is 0.871. The van der Waals surface area contributed by atoms with Crippen LogP contribution in [0.25, 0.3) is 0 Å². The van der Waals surface area contributed by atoms with Gasteiger partial charge in [0.05, 0.1) is 31.1 Å². The number of aliphatic imine (C=N–C) groups is 1. The number of hydrogen-bond acceptors (Lipinski definition) is 9.